The van der Waals surface area contributed by atoms with Crippen LogP contribution >= 0.6 is 0 Å². The van der Waals surface area contributed by atoms with Crippen LogP contribution in [0.15, 0.2) is 36.5 Å². The maximum absolute atomic E-state index is 12.0. The number of carbonyl (C=O) groups is 1. The number of nitriles is 1. The van der Waals surface area contributed by atoms with E-state index in [1.165, 1.54) is 17.6 Å². The van der Waals surface area contributed by atoms with Gasteiger partial charge in [0.1, 0.15) is 0 Å². The summed E-state index contributed by atoms with van der Waals surface area (Å²) in [5, 5.41) is 10.1. The Balaban J connectivity index is 1.77. The molecule has 138 valence electrons. The number of nitrogens with zero attached hydrogens (tertiary/aromatic N) is 1. The number of hydrogen-bond donors (Lipinski definition) is 0. The monoisotopic (exact) mass is 349 g/mol. The molecule has 7 atom stereocenters. The quantitative estimate of drug-likeness (QED) is 0.606. The zero-order valence-corrected chi connectivity index (χ0v) is 16.3. The van der Waals surface area contributed by atoms with Crippen molar-refractivity contribution in [2.75, 3.05) is 0 Å². The van der Waals surface area contributed by atoms with Gasteiger partial charge in [-0.3, -0.25) is 4.79 Å². The second kappa shape index (κ2) is 5.95. The Morgan fingerprint density at radius 3 is 2.81 bits per heavy atom. The van der Waals surface area contributed by atoms with Gasteiger partial charge in [0.2, 0.25) is 0 Å². The Morgan fingerprint density at radius 2 is 2.15 bits per heavy atom. The van der Waals surface area contributed by atoms with Crippen molar-refractivity contribution in [2.24, 2.45) is 40.4 Å². The zero-order valence-electron chi connectivity index (χ0n) is 16.3. The van der Waals surface area contributed by atoms with E-state index in [-0.39, 0.29) is 10.8 Å². The average Bonchev–Trinajstić information content (AvgIpc) is 2.87. The van der Waals surface area contributed by atoms with Crippen molar-refractivity contribution in [3.05, 3.63) is 36.5 Å². The van der Waals surface area contributed by atoms with Gasteiger partial charge in [-0.25, -0.2) is 0 Å². The van der Waals surface area contributed by atoms with Gasteiger partial charge in [-0.2, -0.15) is 5.26 Å². The van der Waals surface area contributed by atoms with Crippen LogP contribution in [0.25, 0.3) is 0 Å². The number of rotatable bonds is 2. The van der Waals surface area contributed by atoms with Gasteiger partial charge in [0.05, 0.1) is 11.5 Å². The second-order valence-electron chi connectivity index (χ2n) is 9.42. The summed E-state index contributed by atoms with van der Waals surface area (Å²) in [5.74, 6) is 3.06. The van der Waals surface area contributed by atoms with E-state index < -0.39 is 0 Å². The lowest BCUT2D eigenvalue weighted by Gasteiger charge is -2.57. The highest BCUT2D eigenvalue weighted by atomic mass is 16.1. The first kappa shape index (κ1) is 17.8. The normalized spacial score (nSPS) is 47.3. The van der Waals surface area contributed by atoms with E-state index >= 15 is 0 Å². The average molecular weight is 350 g/mol. The van der Waals surface area contributed by atoms with Gasteiger partial charge < -0.3 is 0 Å². The maximum atomic E-state index is 12.0. The molecule has 0 heterocycles. The lowest BCUT2D eigenvalue weighted by Crippen LogP contribution is -2.51. The summed E-state index contributed by atoms with van der Waals surface area (Å²) in [7, 11) is 0. The predicted molar refractivity (Wildman–Crippen MR) is 104 cm³/mol. The van der Waals surface area contributed by atoms with Crippen LogP contribution < -0.4 is 0 Å². The van der Waals surface area contributed by atoms with Crippen LogP contribution in [0.1, 0.15) is 58.8 Å². The molecule has 0 saturated heterocycles. The molecular weight excluding hydrogens is 318 g/mol. The molecule has 0 bridgehead atoms. The summed E-state index contributed by atoms with van der Waals surface area (Å²) in [6, 6.07) is 2.73. The van der Waals surface area contributed by atoms with Crippen molar-refractivity contribution >= 4 is 5.78 Å². The Kier molecular flexibility index (Phi) is 4.07. The molecule has 0 amide bonds. The van der Waals surface area contributed by atoms with Crippen LogP contribution in [0.2, 0.25) is 0 Å². The van der Waals surface area contributed by atoms with Gasteiger partial charge in [-0.1, -0.05) is 37.6 Å². The molecule has 0 aromatic carbocycles. The fourth-order valence-electron chi connectivity index (χ4n) is 7.54. The Hall–Kier alpha value is -1.62. The molecule has 26 heavy (non-hydrogen) atoms. The van der Waals surface area contributed by atoms with Crippen molar-refractivity contribution in [2.45, 2.75) is 58.8 Å². The van der Waals surface area contributed by atoms with Gasteiger partial charge >= 0.3 is 0 Å². The summed E-state index contributed by atoms with van der Waals surface area (Å²) >= 11 is 0. The predicted octanol–water partition coefficient (Wildman–Crippen LogP) is 5.63. The van der Waals surface area contributed by atoms with E-state index in [1.807, 2.05) is 6.08 Å². The lowest BCUT2D eigenvalue weighted by molar-refractivity contribution is -0.116. The molecule has 4 rings (SSSR count). The molecule has 0 radical (unpaired) electrons. The third-order valence-corrected chi connectivity index (χ3v) is 8.85. The van der Waals surface area contributed by atoms with Crippen LogP contribution in [0, 0.1) is 51.8 Å². The topological polar surface area (TPSA) is 40.9 Å². The number of fused-ring (bicyclic) bond motifs is 5. The fourth-order valence-corrected chi connectivity index (χ4v) is 7.54. The van der Waals surface area contributed by atoms with E-state index in [0.717, 1.165) is 32.1 Å². The first-order valence-electron chi connectivity index (χ1n) is 10.4. The van der Waals surface area contributed by atoms with E-state index in [2.05, 4.69) is 39.2 Å². The minimum absolute atomic E-state index is 0.0295. The van der Waals surface area contributed by atoms with Gasteiger partial charge in [-0.05, 0) is 79.6 Å². The van der Waals surface area contributed by atoms with Crippen LogP contribution in [-0.2, 0) is 4.79 Å². The lowest BCUT2D eigenvalue weighted by atomic mass is 9.46. The third kappa shape index (κ3) is 2.07. The third-order valence-electron chi connectivity index (χ3n) is 8.85. The summed E-state index contributed by atoms with van der Waals surface area (Å²) in [6.45, 7) is 13.1. The van der Waals surface area contributed by atoms with Crippen molar-refractivity contribution < 1.29 is 4.79 Å². The first-order valence-corrected chi connectivity index (χ1v) is 10.4. The fraction of sp³-hybridized carbons (Fsp3) is 0.667. The first-order chi connectivity index (χ1) is 12.4. The molecule has 4 aliphatic rings. The molecular formula is C24H31NO. The molecule has 0 unspecified atom stereocenters. The van der Waals surface area contributed by atoms with Crippen LogP contribution in [0.4, 0.5) is 0 Å². The minimum Gasteiger partial charge on any atom is -0.295 e. The Bertz CT molecular complexity index is 740. The Labute approximate surface area is 158 Å². The summed E-state index contributed by atoms with van der Waals surface area (Å²) in [5.41, 5.74) is 2.21. The van der Waals surface area contributed by atoms with Gasteiger partial charge in [-0.15, -0.1) is 6.58 Å². The van der Waals surface area contributed by atoms with Crippen molar-refractivity contribution in [1.82, 2.24) is 0 Å². The van der Waals surface area contributed by atoms with Gasteiger partial charge in [0, 0.05) is 6.42 Å². The molecule has 0 spiro atoms. The minimum atomic E-state index is -0.368. The molecule has 0 N–H and O–H groups in total. The molecule has 4 aliphatic carbocycles. The summed E-state index contributed by atoms with van der Waals surface area (Å²) < 4.78 is 0. The van der Waals surface area contributed by atoms with E-state index in [9.17, 15) is 10.1 Å². The highest BCUT2D eigenvalue weighted by molar-refractivity contribution is 5.91. The highest BCUT2D eigenvalue weighted by Gasteiger charge is 2.65. The molecule has 2 heteroatoms. The molecule has 0 aromatic heterocycles. The molecule has 2 nitrogen and oxygen atoms in total. The summed E-state index contributed by atoms with van der Waals surface area (Å²) in [4.78, 5) is 12.0. The SMILES string of the molecule is C=C[C@@H]1CC2=CC(=O)CC[C@@H]2[C@H]2CC[C@@]3(C)[C@@H](CC(=C)[C@@]3(C#N)CC)[C@@H]21. The highest BCUT2D eigenvalue weighted by Crippen LogP contribution is 2.70. The maximum Gasteiger partial charge on any atom is 0.155 e. The standard InChI is InChI=1S/C24H31NO/c1-5-16-12-17-13-18(26)7-8-19(17)20-9-10-23(4)21(22(16)20)11-15(3)24(23,6-2)14-25/h5,13,16,19-22H,1,3,6-12H2,2,4H3/t16-,19+,20-,21+,22-,23+,24+/m1/s1. The number of allylic oxidation sites excluding steroid dienone is 3. The smallest absolute Gasteiger partial charge is 0.155 e. The van der Waals surface area contributed by atoms with Crippen LogP contribution in [-0.4, -0.2) is 5.78 Å². The molecule has 0 aliphatic heterocycles. The molecule has 0 aromatic rings. The van der Waals surface area contributed by atoms with Crippen LogP contribution in [0.3, 0.4) is 0 Å². The summed E-state index contributed by atoms with van der Waals surface area (Å²) in [6.07, 6.45) is 11.0. The molecule has 3 saturated carbocycles. The second-order valence-corrected chi connectivity index (χ2v) is 9.42. The van der Waals surface area contributed by atoms with Gasteiger partial charge in [0.25, 0.3) is 0 Å². The van der Waals surface area contributed by atoms with Crippen molar-refractivity contribution in [3.63, 3.8) is 0 Å². The van der Waals surface area contributed by atoms with Crippen molar-refractivity contribution in [3.8, 4) is 6.07 Å². The van der Waals surface area contributed by atoms with E-state index in [4.69, 9.17) is 0 Å². The van der Waals surface area contributed by atoms with Crippen LogP contribution in [0.5, 0.6) is 0 Å². The largest absolute Gasteiger partial charge is 0.295 e. The van der Waals surface area contributed by atoms with Gasteiger partial charge in [0.15, 0.2) is 5.78 Å². The molecule has 3 fully saturated rings. The van der Waals surface area contributed by atoms with E-state index in [1.54, 1.807) is 0 Å². The van der Waals surface area contributed by atoms with E-state index in [0.29, 0.717) is 41.8 Å². The zero-order chi connectivity index (χ0) is 18.7. The number of carbonyl (C=O) groups excluding carboxylic acids is 1. The number of ketones is 1. The Morgan fingerprint density at radius 1 is 1.38 bits per heavy atom. The number of hydrogen-bond acceptors (Lipinski definition) is 2. The van der Waals surface area contributed by atoms with Crippen molar-refractivity contribution in [1.29, 1.82) is 5.26 Å².